The molecule has 0 radical (unpaired) electrons. The summed E-state index contributed by atoms with van der Waals surface area (Å²) < 4.78 is 5.68. The molecule has 6 heteroatoms. The standard InChI is InChI=1S/C17H16BrNO4/c1-11(2)23-17(20)16(12-6-4-3-5-7-12)13-8-9-15(19(21)22)14(18)10-13/h3-11,16H,1-2H3/t16-/m1/s1. The van der Waals surface area contributed by atoms with Crippen molar-refractivity contribution in [1.29, 1.82) is 0 Å². The van der Waals surface area contributed by atoms with Gasteiger partial charge >= 0.3 is 5.97 Å². The third kappa shape index (κ3) is 4.16. The summed E-state index contributed by atoms with van der Waals surface area (Å²) in [5, 5.41) is 10.9. The van der Waals surface area contributed by atoms with E-state index in [-0.39, 0.29) is 17.8 Å². The van der Waals surface area contributed by atoms with Gasteiger partial charge in [-0.25, -0.2) is 0 Å². The molecule has 2 aromatic rings. The van der Waals surface area contributed by atoms with Gasteiger partial charge in [0.05, 0.1) is 15.5 Å². The molecule has 0 aromatic heterocycles. The Morgan fingerprint density at radius 3 is 2.30 bits per heavy atom. The van der Waals surface area contributed by atoms with Crippen molar-refractivity contribution in [1.82, 2.24) is 0 Å². The number of hydrogen-bond donors (Lipinski definition) is 0. The molecule has 0 spiro atoms. The molecule has 0 unspecified atom stereocenters. The number of rotatable bonds is 5. The molecule has 0 N–H and O–H groups in total. The van der Waals surface area contributed by atoms with Crippen molar-refractivity contribution in [3.63, 3.8) is 0 Å². The van der Waals surface area contributed by atoms with Gasteiger partial charge in [-0.05, 0) is 47.0 Å². The van der Waals surface area contributed by atoms with Crippen LogP contribution in [0, 0.1) is 10.1 Å². The average Bonchev–Trinajstić information content (AvgIpc) is 2.47. The minimum Gasteiger partial charge on any atom is -0.462 e. The number of nitrogens with zero attached hydrogens (tertiary/aromatic N) is 1. The Labute approximate surface area is 142 Å². The van der Waals surface area contributed by atoms with E-state index in [0.29, 0.717) is 10.0 Å². The highest BCUT2D eigenvalue weighted by Gasteiger charge is 2.26. The van der Waals surface area contributed by atoms with Gasteiger partial charge in [0, 0.05) is 6.07 Å². The van der Waals surface area contributed by atoms with E-state index in [0.717, 1.165) is 5.56 Å². The number of ether oxygens (including phenoxy) is 1. The Kier molecular flexibility index (Phi) is 5.50. The van der Waals surface area contributed by atoms with E-state index >= 15 is 0 Å². The van der Waals surface area contributed by atoms with E-state index in [1.54, 1.807) is 26.0 Å². The number of halogens is 1. The van der Waals surface area contributed by atoms with Crippen molar-refractivity contribution < 1.29 is 14.5 Å². The zero-order valence-electron chi connectivity index (χ0n) is 12.7. The summed E-state index contributed by atoms with van der Waals surface area (Å²) in [7, 11) is 0. The van der Waals surface area contributed by atoms with Crippen LogP contribution in [-0.2, 0) is 9.53 Å². The van der Waals surface area contributed by atoms with Crippen LogP contribution >= 0.6 is 15.9 Å². The number of nitro benzene ring substituents is 1. The molecule has 0 aliphatic heterocycles. The van der Waals surface area contributed by atoms with Crippen molar-refractivity contribution in [2.24, 2.45) is 0 Å². The van der Waals surface area contributed by atoms with Crippen LogP contribution in [0.5, 0.6) is 0 Å². The number of nitro groups is 1. The van der Waals surface area contributed by atoms with Gasteiger partial charge in [0.25, 0.3) is 5.69 Å². The minimum atomic E-state index is -0.629. The summed E-state index contributed by atoms with van der Waals surface area (Å²) in [5.41, 5.74) is 1.37. The molecule has 0 heterocycles. The number of carbonyl (C=O) groups is 1. The topological polar surface area (TPSA) is 69.4 Å². The molecular weight excluding hydrogens is 362 g/mol. The third-order valence-corrected chi connectivity index (χ3v) is 3.86. The lowest BCUT2D eigenvalue weighted by molar-refractivity contribution is -0.385. The Hall–Kier alpha value is -2.21. The molecule has 23 heavy (non-hydrogen) atoms. The first-order valence-electron chi connectivity index (χ1n) is 7.09. The first-order chi connectivity index (χ1) is 10.9. The summed E-state index contributed by atoms with van der Waals surface area (Å²) in [6.07, 6.45) is -0.241. The number of benzene rings is 2. The summed E-state index contributed by atoms with van der Waals surface area (Å²) in [4.78, 5) is 23.0. The van der Waals surface area contributed by atoms with Gasteiger partial charge in [-0.1, -0.05) is 36.4 Å². The second-order valence-corrected chi connectivity index (χ2v) is 6.15. The van der Waals surface area contributed by atoms with Crippen molar-refractivity contribution in [2.45, 2.75) is 25.9 Å². The Morgan fingerprint density at radius 1 is 1.13 bits per heavy atom. The van der Waals surface area contributed by atoms with Crippen LogP contribution in [0.1, 0.15) is 30.9 Å². The fourth-order valence-corrected chi connectivity index (χ4v) is 2.80. The van der Waals surface area contributed by atoms with E-state index in [1.807, 2.05) is 30.3 Å². The highest BCUT2D eigenvalue weighted by Crippen LogP contribution is 2.32. The maximum absolute atomic E-state index is 12.5. The molecule has 0 saturated carbocycles. The monoisotopic (exact) mass is 377 g/mol. The van der Waals surface area contributed by atoms with Crippen LogP contribution in [0.4, 0.5) is 5.69 Å². The second kappa shape index (κ2) is 7.37. The molecule has 0 fully saturated rings. The highest BCUT2D eigenvalue weighted by molar-refractivity contribution is 9.10. The van der Waals surface area contributed by atoms with Gasteiger partial charge in [-0.2, -0.15) is 0 Å². The van der Waals surface area contributed by atoms with Crippen LogP contribution in [-0.4, -0.2) is 17.0 Å². The Morgan fingerprint density at radius 2 is 1.78 bits per heavy atom. The van der Waals surface area contributed by atoms with Crippen LogP contribution < -0.4 is 0 Å². The minimum absolute atomic E-state index is 0.0437. The van der Waals surface area contributed by atoms with E-state index < -0.39 is 10.8 Å². The quantitative estimate of drug-likeness (QED) is 0.438. The molecule has 2 rings (SSSR count). The maximum atomic E-state index is 12.5. The first kappa shape index (κ1) is 17.1. The van der Waals surface area contributed by atoms with Crippen LogP contribution in [0.3, 0.4) is 0 Å². The number of esters is 1. The maximum Gasteiger partial charge on any atom is 0.318 e. The molecule has 2 aromatic carbocycles. The molecular formula is C17H16BrNO4. The summed E-state index contributed by atoms with van der Waals surface area (Å²) in [6, 6.07) is 13.8. The Bertz CT molecular complexity index is 716. The highest BCUT2D eigenvalue weighted by atomic mass is 79.9. The molecule has 0 aliphatic rings. The van der Waals surface area contributed by atoms with Gasteiger partial charge < -0.3 is 4.74 Å². The molecule has 1 atom stereocenters. The van der Waals surface area contributed by atoms with E-state index in [9.17, 15) is 14.9 Å². The normalized spacial score (nSPS) is 12.0. The summed E-state index contributed by atoms with van der Waals surface area (Å²) in [6.45, 7) is 3.57. The molecule has 0 saturated heterocycles. The molecule has 0 aliphatic carbocycles. The lowest BCUT2D eigenvalue weighted by Gasteiger charge is -2.19. The molecule has 0 bridgehead atoms. The van der Waals surface area contributed by atoms with E-state index in [4.69, 9.17) is 4.74 Å². The van der Waals surface area contributed by atoms with Crippen molar-refractivity contribution >= 4 is 27.6 Å². The second-order valence-electron chi connectivity index (χ2n) is 5.30. The first-order valence-corrected chi connectivity index (χ1v) is 7.88. The molecule has 5 nitrogen and oxygen atoms in total. The van der Waals surface area contributed by atoms with Crippen LogP contribution in [0.2, 0.25) is 0 Å². The lowest BCUT2D eigenvalue weighted by atomic mass is 9.91. The fourth-order valence-electron chi connectivity index (χ4n) is 2.26. The van der Waals surface area contributed by atoms with E-state index in [2.05, 4.69) is 15.9 Å². The number of hydrogen-bond acceptors (Lipinski definition) is 4. The van der Waals surface area contributed by atoms with Gasteiger partial charge in [0.1, 0.15) is 5.92 Å². The molecule has 0 amide bonds. The van der Waals surface area contributed by atoms with Crippen LogP contribution in [0.15, 0.2) is 53.0 Å². The predicted octanol–water partition coefficient (Wildman–Crippen LogP) is 4.44. The van der Waals surface area contributed by atoms with Crippen molar-refractivity contribution in [3.8, 4) is 0 Å². The number of carbonyl (C=O) groups excluding carboxylic acids is 1. The lowest BCUT2D eigenvalue weighted by Crippen LogP contribution is -2.20. The smallest absolute Gasteiger partial charge is 0.318 e. The Balaban J connectivity index is 2.47. The zero-order valence-corrected chi connectivity index (χ0v) is 14.3. The average molecular weight is 378 g/mol. The largest absolute Gasteiger partial charge is 0.462 e. The van der Waals surface area contributed by atoms with Crippen molar-refractivity contribution in [2.75, 3.05) is 0 Å². The van der Waals surface area contributed by atoms with Crippen LogP contribution in [0.25, 0.3) is 0 Å². The van der Waals surface area contributed by atoms with Crippen molar-refractivity contribution in [3.05, 3.63) is 74.2 Å². The van der Waals surface area contributed by atoms with E-state index in [1.165, 1.54) is 6.07 Å². The predicted molar refractivity (Wildman–Crippen MR) is 90.3 cm³/mol. The molecule has 120 valence electrons. The van der Waals surface area contributed by atoms with Gasteiger partial charge in [0.2, 0.25) is 0 Å². The third-order valence-electron chi connectivity index (χ3n) is 3.22. The SMILES string of the molecule is CC(C)OC(=O)[C@H](c1ccccc1)c1ccc([N+](=O)[O-])c(Br)c1. The summed E-state index contributed by atoms with van der Waals surface area (Å²) in [5.74, 6) is -1.01. The zero-order chi connectivity index (χ0) is 17.0. The summed E-state index contributed by atoms with van der Waals surface area (Å²) >= 11 is 3.19. The fraction of sp³-hybridized carbons (Fsp3) is 0.235. The van der Waals surface area contributed by atoms with Gasteiger partial charge in [-0.15, -0.1) is 0 Å². The van der Waals surface area contributed by atoms with Gasteiger partial charge in [0.15, 0.2) is 0 Å². The van der Waals surface area contributed by atoms with Gasteiger partial charge in [-0.3, -0.25) is 14.9 Å².